The lowest BCUT2D eigenvalue weighted by Gasteiger charge is -2.10. The highest BCUT2D eigenvalue weighted by Gasteiger charge is 2.07. The summed E-state index contributed by atoms with van der Waals surface area (Å²) in [4.78, 5) is 11.1. The molecule has 0 N–H and O–H groups in total. The minimum atomic E-state index is -0.236. The van der Waals surface area contributed by atoms with Gasteiger partial charge in [-0.1, -0.05) is 57.3 Å². The molecule has 4 heteroatoms. The molecule has 0 aliphatic rings. The predicted molar refractivity (Wildman–Crippen MR) is 97.6 cm³/mol. The Morgan fingerprint density at radius 1 is 1.00 bits per heavy atom. The van der Waals surface area contributed by atoms with E-state index in [0.717, 1.165) is 45.1 Å². The first-order chi connectivity index (χ1) is 11.7. The average Bonchev–Trinajstić information content (AvgIpc) is 2.55. The van der Waals surface area contributed by atoms with Crippen LogP contribution in [0.5, 0.6) is 0 Å². The van der Waals surface area contributed by atoms with Crippen molar-refractivity contribution in [2.45, 2.75) is 90.6 Å². The molecule has 0 aromatic rings. The first-order valence-corrected chi connectivity index (χ1v) is 9.43. The topological polar surface area (TPSA) is 44.8 Å². The zero-order valence-corrected chi connectivity index (χ0v) is 15.9. The van der Waals surface area contributed by atoms with Crippen LogP contribution in [0.2, 0.25) is 0 Å². The normalized spacial score (nSPS) is 11.6. The summed E-state index contributed by atoms with van der Waals surface area (Å²) in [7, 11) is 1.64. The van der Waals surface area contributed by atoms with Crippen molar-refractivity contribution in [3.8, 4) is 11.8 Å². The second-order valence-electron chi connectivity index (χ2n) is 6.10. The van der Waals surface area contributed by atoms with E-state index in [4.69, 9.17) is 14.2 Å². The Kier molecular flexibility index (Phi) is 17.5. The van der Waals surface area contributed by atoms with Crippen LogP contribution in [-0.2, 0) is 19.0 Å². The van der Waals surface area contributed by atoms with Crippen molar-refractivity contribution >= 4 is 5.97 Å². The molecular weight excluding hydrogens is 304 g/mol. The third kappa shape index (κ3) is 17.3. The number of ether oxygens (including phenoxy) is 3. The molecule has 0 aliphatic carbocycles. The highest BCUT2D eigenvalue weighted by Crippen LogP contribution is 2.09. The molecule has 0 fully saturated rings. The van der Waals surface area contributed by atoms with Crippen LogP contribution >= 0.6 is 0 Å². The molecule has 4 nitrogen and oxygen atoms in total. The van der Waals surface area contributed by atoms with Gasteiger partial charge < -0.3 is 14.2 Å². The zero-order valence-electron chi connectivity index (χ0n) is 15.9. The van der Waals surface area contributed by atoms with Crippen LogP contribution in [0.3, 0.4) is 0 Å². The largest absolute Gasteiger partial charge is 0.449 e. The maximum atomic E-state index is 11.1. The fourth-order valence-corrected chi connectivity index (χ4v) is 2.39. The van der Waals surface area contributed by atoms with Crippen LogP contribution in [0.4, 0.5) is 0 Å². The Morgan fingerprint density at radius 3 is 2.38 bits per heavy atom. The lowest BCUT2D eigenvalue weighted by atomic mass is 10.1. The Balaban J connectivity index is 3.61. The van der Waals surface area contributed by atoms with E-state index in [9.17, 15) is 4.79 Å². The molecule has 1 atom stereocenters. The van der Waals surface area contributed by atoms with Crippen LogP contribution in [0, 0.1) is 11.8 Å². The Bertz CT molecular complexity index is 343. The number of carbonyl (C=O) groups is 1. The van der Waals surface area contributed by atoms with Crippen molar-refractivity contribution in [1.29, 1.82) is 0 Å². The van der Waals surface area contributed by atoms with E-state index < -0.39 is 0 Å². The molecule has 0 aromatic heterocycles. The van der Waals surface area contributed by atoms with Crippen molar-refractivity contribution < 1.29 is 19.0 Å². The summed E-state index contributed by atoms with van der Waals surface area (Å²) >= 11 is 0. The molecule has 0 heterocycles. The van der Waals surface area contributed by atoms with E-state index in [1.54, 1.807) is 7.11 Å². The number of rotatable bonds is 15. The van der Waals surface area contributed by atoms with E-state index in [0.29, 0.717) is 6.79 Å². The summed E-state index contributed by atoms with van der Waals surface area (Å²) in [5.74, 6) is 6.07. The third-order valence-electron chi connectivity index (χ3n) is 3.68. The summed E-state index contributed by atoms with van der Waals surface area (Å²) in [5.41, 5.74) is 0. The standard InChI is InChI=1S/C20H36O4/c1-4-5-12-15-20(24-19(2)21)16-13-10-8-6-7-9-11-14-17-23-18-22-3/h20H,4-12,14-15,17-18H2,1-3H3/t20-/m1/s1. The van der Waals surface area contributed by atoms with Crippen LogP contribution in [-0.4, -0.2) is 32.6 Å². The second kappa shape index (κ2) is 18.3. The van der Waals surface area contributed by atoms with Gasteiger partial charge in [-0.05, 0) is 25.7 Å². The lowest BCUT2D eigenvalue weighted by Crippen LogP contribution is -2.14. The molecular formula is C20H36O4. The van der Waals surface area contributed by atoms with Gasteiger partial charge in [-0.15, -0.1) is 0 Å². The zero-order chi connectivity index (χ0) is 17.9. The fraction of sp³-hybridized carbons (Fsp3) is 0.850. The van der Waals surface area contributed by atoms with E-state index in [-0.39, 0.29) is 12.1 Å². The van der Waals surface area contributed by atoms with E-state index in [1.807, 2.05) is 0 Å². The van der Waals surface area contributed by atoms with Gasteiger partial charge in [0, 0.05) is 27.1 Å². The number of unbranched alkanes of at least 4 members (excludes halogenated alkanes) is 8. The minimum absolute atomic E-state index is 0.221. The smallest absolute Gasteiger partial charge is 0.303 e. The predicted octanol–water partition coefficient (Wildman–Crippen LogP) is 4.85. The highest BCUT2D eigenvalue weighted by molar-refractivity contribution is 5.66. The SMILES string of the molecule is CCCCC[C@H](C#CCCCCCCCCOCOC)OC(C)=O. The first kappa shape index (κ1) is 22.9. The fourth-order valence-electron chi connectivity index (χ4n) is 2.39. The maximum absolute atomic E-state index is 11.1. The van der Waals surface area contributed by atoms with Gasteiger partial charge >= 0.3 is 5.97 Å². The van der Waals surface area contributed by atoms with E-state index in [1.165, 1.54) is 39.0 Å². The van der Waals surface area contributed by atoms with Crippen LogP contribution in [0.1, 0.15) is 84.5 Å². The third-order valence-corrected chi connectivity index (χ3v) is 3.68. The van der Waals surface area contributed by atoms with Gasteiger partial charge in [-0.25, -0.2) is 0 Å². The molecule has 0 saturated heterocycles. The monoisotopic (exact) mass is 340 g/mol. The molecule has 0 spiro atoms. The van der Waals surface area contributed by atoms with Gasteiger partial charge in [0.15, 0.2) is 6.10 Å². The van der Waals surface area contributed by atoms with E-state index >= 15 is 0 Å². The number of hydrogen-bond donors (Lipinski definition) is 0. The van der Waals surface area contributed by atoms with Crippen LogP contribution < -0.4 is 0 Å². The maximum Gasteiger partial charge on any atom is 0.303 e. The summed E-state index contributed by atoms with van der Waals surface area (Å²) in [5, 5.41) is 0. The number of carbonyl (C=O) groups excluding carboxylic acids is 1. The van der Waals surface area contributed by atoms with Crippen molar-refractivity contribution in [2.24, 2.45) is 0 Å². The molecule has 0 unspecified atom stereocenters. The van der Waals surface area contributed by atoms with Gasteiger partial charge in [0.2, 0.25) is 0 Å². The van der Waals surface area contributed by atoms with Gasteiger partial charge in [0.1, 0.15) is 6.79 Å². The summed E-state index contributed by atoms with van der Waals surface area (Å²) < 4.78 is 15.3. The van der Waals surface area contributed by atoms with E-state index in [2.05, 4.69) is 18.8 Å². The molecule has 140 valence electrons. The van der Waals surface area contributed by atoms with Crippen LogP contribution in [0.15, 0.2) is 0 Å². The number of methoxy groups -OCH3 is 1. The quantitative estimate of drug-likeness (QED) is 0.185. The molecule has 24 heavy (non-hydrogen) atoms. The Hall–Kier alpha value is -1.05. The van der Waals surface area contributed by atoms with Gasteiger partial charge in [-0.3, -0.25) is 4.79 Å². The van der Waals surface area contributed by atoms with Crippen molar-refractivity contribution in [1.82, 2.24) is 0 Å². The summed E-state index contributed by atoms with van der Waals surface area (Å²) in [6.45, 7) is 4.80. The van der Waals surface area contributed by atoms with Crippen molar-refractivity contribution in [2.75, 3.05) is 20.5 Å². The van der Waals surface area contributed by atoms with Crippen molar-refractivity contribution in [3.63, 3.8) is 0 Å². The molecule has 0 radical (unpaired) electrons. The first-order valence-electron chi connectivity index (χ1n) is 9.43. The number of esters is 1. The molecule has 0 bridgehead atoms. The summed E-state index contributed by atoms with van der Waals surface area (Å²) in [6.07, 6.45) is 12.1. The van der Waals surface area contributed by atoms with Gasteiger partial charge in [0.05, 0.1) is 0 Å². The number of hydrogen-bond acceptors (Lipinski definition) is 4. The highest BCUT2D eigenvalue weighted by atomic mass is 16.7. The van der Waals surface area contributed by atoms with Crippen LogP contribution in [0.25, 0.3) is 0 Å². The second-order valence-corrected chi connectivity index (χ2v) is 6.10. The van der Waals surface area contributed by atoms with Crippen molar-refractivity contribution in [3.05, 3.63) is 0 Å². The minimum Gasteiger partial charge on any atom is -0.449 e. The van der Waals surface area contributed by atoms with Gasteiger partial charge in [0.25, 0.3) is 0 Å². The van der Waals surface area contributed by atoms with Gasteiger partial charge in [-0.2, -0.15) is 0 Å². The molecule has 0 rings (SSSR count). The molecule has 0 amide bonds. The Morgan fingerprint density at radius 2 is 1.71 bits per heavy atom. The molecule has 0 saturated carbocycles. The Labute approximate surface area is 148 Å². The lowest BCUT2D eigenvalue weighted by molar-refractivity contribution is -0.144. The summed E-state index contributed by atoms with van der Waals surface area (Å²) in [6, 6.07) is 0. The molecule has 0 aromatic carbocycles. The molecule has 0 aliphatic heterocycles. The average molecular weight is 341 g/mol.